The fourth-order valence-corrected chi connectivity index (χ4v) is 5.05. The molecule has 1 saturated heterocycles. The Balaban J connectivity index is 1.54. The number of rotatable bonds is 8. The van der Waals surface area contributed by atoms with Crippen LogP contribution in [0.5, 0.6) is 0 Å². The van der Waals surface area contributed by atoms with E-state index in [9.17, 15) is 4.79 Å². The number of thioether (sulfide) groups is 1. The molecular formula is C25H31N5OS. The number of aryl methyl sites for hydroxylation is 1. The highest BCUT2D eigenvalue weighted by Crippen LogP contribution is 2.26. The predicted octanol–water partition coefficient (Wildman–Crippen LogP) is 4.71. The third-order valence-corrected chi connectivity index (χ3v) is 6.79. The van der Waals surface area contributed by atoms with Gasteiger partial charge in [0.25, 0.3) is 0 Å². The van der Waals surface area contributed by atoms with Crippen molar-refractivity contribution in [3.05, 3.63) is 66.0 Å². The predicted molar refractivity (Wildman–Crippen MR) is 130 cm³/mol. The van der Waals surface area contributed by atoms with Crippen molar-refractivity contribution in [2.24, 2.45) is 0 Å². The molecule has 2 heterocycles. The average Bonchev–Trinajstić information content (AvgIpc) is 3.23. The molecule has 1 amide bonds. The van der Waals surface area contributed by atoms with Crippen molar-refractivity contribution in [3.63, 3.8) is 0 Å². The zero-order chi connectivity index (χ0) is 22.3. The van der Waals surface area contributed by atoms with Crippen molar-refractivity contribution in [1.29, 1.82) is 0 Å². The van der Waals surface area contributed by atoms with E-state index in [1.807, 2.05) is 61.2 Å². The second kappa shape index (κ2) is 10.8. The Morgan fingerprint density at radius 1 is 1.00 bits per heavy atom. The summed E-state index contributed by atoms with van der Waals surface area (Å²) in [5, 5.41) is 9.77. The molecule has 3 aromatic rings. The molecule has 0 atom stereocenters. The van der Waals surface area contributed by atoms with Gasteiger partial charge in [0.15, 0.2) is 11.0 Å². The molecule has 0 bridgehead atoms. The third kappa shape index (κ3) is 5.22. The van der Waals surface area contributed by atoms with Crippen molar-refractivity contribution in [2.45, 2.75) is 44.8 Å². The molecule has 0 unspecified atom stereocenters. The summed E-state index contributed by atoms with van der Waals surface area (Å²) in [6.45, 7) is 7.67. The molecule has 0 radical (unpaired) electrons. The minimum atomic E-state index is 0.0759. The molecule has 0 aliphatic carbocycles. The SMILES string of the molecule is CCN(C(=O)CSc1nnc(CN2CCCCC2)n1-c1ccccc1)c1ccccc1C. The fraction of sp³-hybridized carbons (Fsp3) is 0.400. The van der Waals surface area contributed by atoms with E-state index in [-0.39, 0.29) is 5.91 Å². The largest absolute Gasteiger partial charge is 0.312 e. The first-order valence-corrected chi connectivity index (χ1v) is 12.4. The number of carbonyl (C=O) groups excluding carboxylic acids is 1. The Morgan fingerprint density at radius 3 is 2.44 bits per heavy atom. The Morgan fingerprint density at radius 2 is 1.72 bits per heavy atom. The van der Waals surface area contributed by atoms with Crippen LogP contribution in [0.15, 0.2) is 59.8 Å². The van der Waals surface area contributed by atoms with Crippen LogP contribution in [0.4, 0.5) is 5.69 Å². The fourth-order valence-electron chi connectivity index (χ4n) is 4.20. The van der Waals surface area contributed by atoms with Gasteiger partial charge in [-0.05, 0) is 63.5 Å². The highest BCUT2D eigenvalue weighted by molar-refractivity contribution is 7.99. The number of carbonyl (C=O) groups is 1. The maximum Gasteiger partial charge on any atom is 0.237 e. The van der Waals surface area contributed by atoms with E-state index in [1.54, 1.807) is 0 Å². The number of hydrogen-bond donors (Lipinski definition) is 0. The van der Waals surface area contributed by atoms with Crippen LogP contribution in [0.3, 0.4) is 0 Å². The number of aromatic nitrogens is 3. The second-order valence-electron chi connectivity index (χ2n) is 8.12. The minimum absolute atomic E-state index is 0.0759. The molecule has 6 nitrogen and oxygen atoms in total. The third-order valence-electron chi connectivity index (χ3n) is 5.88. The minimum Gasteiger partial charge on any atom is -0.312 e. The van der Waals surface area contributed by atoms with Crippen molar-refractivity contribution >= 4 is 23.4 Å². The van der Waals surface area contributed by atoms with Crippen LogP contribution in [0.1, 0.15) is 37.6 Å². The van der Waals surface area contributed by atoms with Gasteiger partial charge in [-0.15, -0.1) is 10.2 Å². The van der Waals surface area contributed by atoms with E-state index in [2.05, 4.69) is 31.8 Å². The molecule has 0 N–H and O–H groups in total. The van der Waals surface area contributed by atoms with Crippen LogP contribution >= 0.6 is 11.8 Å². The first-order valence-electron chi connectivity index (χ1n) is 11.4. The number of nitrogens with zero attached hydrogens (tertiary/aromatic N) is 5. The Bertz CT molecular complexity index is 1030. The average molecular weight is 450 g/mol. The summed E-state index contributed by atoms with van der Waals surface area (Å²) in [5.41, 5.74) is 3.10. The Labute approximate surface area is 194 Å². The van der Waals surface area contributed by atoms with E-state index in [1.165, 1.54) is 31.0 Å². The molecule has 4 rings (SSSR count). The number of amides is 1. The van der Waals surface area contributed by atoms with Gasteiger partial charge in [0.2, 0.25) is 5.91 Å². The molecule has 2 aromatic carbocycles. The van der Waals surface area contributed by atoms with Gasteiger partial charge in [0.05, 0.1) is 12.3 Å². The summed E-state index contributed by atoms with van der Waals surface area (Å²) in [5.74, 6) is 1.32. The summed E-state index contributed by atoms with van der Waals surface area (Å²) in [6.07, 6.45) is 3.78. The lowest BCUT2D eigenvalue weighted by molar-refractivity contribution is -0.116. The lowest BCUT2D eigenvalue weighted by Crippen LogP contribution is -2.32. The van der Waals surface area contributed by atoms with Crippen molar-refractivity contribution in [1.82, 2.24) is 19.7 Å². The maximum absolute atomic E-state index is 13.1. The first-order chi connectivity index (χ1) is 15.7. The van der Waals surface area contributed by atoms with Gasteiger partial charge in [0.1, 0.15) is 0 Å². The van der Waals surface area contributed by atoms with E-state index < -0.39 is 0 Å². The number of para-hydroxylation sites is 2. The summed E-state index contributed by atoms with van der Waals surface area (Å²) in [4.78, 5) is 17.4. The smallest absolute Gasteiger partial charge is 0.237 e. The van der Waals surface area contributed by atoms with Gasteiger partial charge in [-0.1, -0.05) is 54.6 Å². The van der Waals surface area contributed by atoms with Gasteiger partial charge >= 0.3 is 0 Å². The van der Waals surface area contributed by atoms with Crippen LogP contribution in [0, 0.1) is 6.92 Å². The topological polar surface area (TPSA) is 54.3 Å². The highest BCUT2D eigenvalue weighted by atomic mass is 32.2. The molecule has 1 aliphatic heterocycles. The van der Waals surface area contributed by atoms with Crippen LogP contribution in [0.25, 0.3) is 5.69 Å². The zero-order valence-corrected chi connectivity index (χ0v) is 19.7. The quantitative estimate of drug-likeness (QED) is 0.466. The van der Waals surface area contributed by atoms with Crippen LogP contribution in [-0.4, -0.2) is 51.0 Å². The number of anilines is 1. The van der Waals surface area contributed by atoms with Gasteiger partial charge in [-0.25, -0.2) is 0 Å². The van der Waals surface area contributed by atoms with Crippen molar-refractivity contribution < 1.29 is 4.79 Å². The first kappa shape index (κ1) is 22.6. The van der Waals surface area contributed by atoms with E-state index >= 15 is 0 Å². The van der Waals surface area contributed by atoms with E-state index in [0.717, 1.165) is 47.6 Å². The number of benzene rings is 2. The molecule has 1 aromatic heterocycles. The molecule has 1 aliphatic rings. The van der Waals surface area contributed by atoms with Crippen molar-refractivity contribution in [3.8, 4) is 5.69 Å². The summed E-state index contributed by atoms with van der Waals surface area (Å²) in [6, 6.07) is 18.2. The van der Waals surface area contributed by atoms with E-state index in [4.69, 9.17) is 0 Å². The van der Waals surface area contributed by atoms with Crippen molar-refractivity contribution in [2.75, 3.05) is 30.3 Å². The summed E-state index contributed by atoms with van der Waals surface area (Å²) in [7, 11) is 0. The second-order valence-corrected chi connectivity index (χ2v) is 9.06. The Hall–Kier alpha value is -2.64. The molecule has 0 spiro atoms. The molecular weight excluding hydrogens is 418 g/mol. The summed E-state index contributed by atoms with van der Waals surface area (Å²) >= 11 is 1.46. The molecule has 168 valence electrons. The normalized spacial score (nSPS) is 14.4. The zero-order valence-electron chi connectivity index (χ0n) is 18.9. The summed E-state index contributed by atoms with van der Waals surface area (Å²) < 4.78 is 2.11. The standard InChI is InChI=1S/C25H31N5OS/c1-3-29(22-15-9-8-12-20(22)2)24(31)19-32-25-27-26-23(18-28-16-10-5-11-17-28)30(25)21-13-6-4-7-14-21/h4,6-9,12-15H,3,5,10-11,16-19H2,1-2H3. The van der Waals surface area contributed by atoms with Gasteiger partial charge in [0, 0.05) is 17.9 Å². The van der Waals surface area contributed by atoms with E-state index in [0.29, 0.717) is 12.3 Å². The lowest BCUT2D eigenvalue weighted by Gasteiger charge is -2.26. The Kier molecular flexibility index (Phi) is 7.60. The highest BCUT2D eigenvalue weighted by Gasteiger charge is 2.21. The maximum atomic E-state index is 13.1. The molecule has 32 heavy (non-hydrogen) atoms. The van der Waals surface area contributed by atoms with Crippen LogP contribution < -0.4 is 4.90 Å². The number of hydrogen-bond acceptors (Lipinski definition) is 5. The number of likely N-dealkylation sites (tertiary alicyclic amines) is 1. The lowest BCUT2D eigenvalue weighted by atomic mass is 10.1. The number of piperidine rings is 1. The van der Waals surface area contributed by atoms with Crippen LogP contribution in [0.2, 0.25) is 0 Å². The van der Waals surface area contributed by atoms with Crippen LogP contribution in [-0.2, 0) is 11.3 Å². The van der Waals surface area contributed by atoms with Gasteiger partial charge < -0.3 is 4.90 Å². The monoisotopic (exact) mass is 449 g/mol. The molecule has 7 heteroatoms. The molecule has 0 saturated carbocycles. The van der Waals surface area contributed by atoms with Gasteiger partial charge in [-0.3, -0.25) is 14.3 Å². The van der Waals surface area contributed by atoms with Gasteiger partial charge in [-0.2, -0.15) is 0 Å². The molecule has 1 fully saturated rings.